The van der Waals surface area contributed by atoms with Gasteiger partial charge in [0.2, 0.25) is 5.91 Å². The molecule has 0 bridgehead atoms. The predicted octanol–water partition coefficient (Wildman–Crippen LogP) is 3.39. The molecule has 2 unspecified atom stereocenters. The number of rotatable bonds is 6. The van der Waals surface area contributed by atoms with E-state index in [2.05, 4.69) is 49.0 Å². The van der Waals surface area contributed by atoms with Gasteiger partial charge in [-0.05, 0) is 59.6 Å². The highest BCUT2D eigenvalue weighted by Crippen LogP contribution is 2.34. The van der Waals surface area contributed by atoms with Crippen molar-refractivity contribution < 1.29 is 14.3 Å². The number of carbonyl (C=O) groups is 1. The van der Waals surface area contributed by atoms with Crippen LogP contribution in [-0.4, -0.2) is 37.6 Å². The first-order valence-corrected chi connectivity index (χ1v) is 11.1. The fraction of sp³-hybridized carbons (Fsp3) is 0.480. The molecule has 2 aliphatic heterocycles. The van der Waals surface area contributed by atoms with Gasteiger partial charge in [0.1, 0.15) is 6.04 Å². The minimum absolute atomic E-state index is 0.142. The Labute approximate surface area is 184 Å². The molecule has 0 aromatic heterocycles. The molecule has 6 heteroatoms. The van der Waals surface area contributed by atoms with E-state index in [0.717, 1.165) is 30.6 Å². The number of carbonyl (C=O) groups excluding carboxylic acids is 1. The Balaban J connectivity index is 1.40. The second-order valence-corrected chi connectivity index (χ2v) is 8.95. The van der Waals surface area contributed by atoms with Gasteiger partial charge in [0.15, 0.2) is 11.5 Å². The van der Waals surface area contributed by atoms with E-state index in [1.54, 1.807) is 14.2 Å². The zero-order valence-corrected chi connectivity index (χ0v) is 18.9. The summed E-state index contributed by atoms with van der Waals surface area (Å²) in [6, 6.07) is 12.7. The monoisotopic (exact) mass is 423 g/mol. The molecule has 0 radical (unpaired) electrons. The molecule has 1 amide bonds. The minimum Gasteiger partial charge on any atom is -0.493 e. The highest BCUT2D eigenvalue weighted by atomic mass is 16.5. The molecule has 2 atom stereocenters. The summed E-state index contributed by atoms with van der Waals surface area (Å²) in [6.45, 7) is 5.78. The zero-order valence-electron chi connectivity index (χ0n) is 18.9. The molecule has 1 fully saturated rings. The van der Waals surface area contributed by atoms with Crippen LogP contribution in [0.5, 0.6) is 11.5 Å². The maximum absolute atomic E-state index is 13.2. The van der Waals surface area contributed by atoms with E-state index in [1.165, 1.54) is 16.7 Å². The number of methoxy groups -OCH3 is 2. The molecule has 2 N–H and O–H groups in total. The predicted molar refractivity (Wildman–Crippen MR) is 121 cm³/mol. The van der Waals surface area contributed by atoms with Crippen molar-refractivity contribution in [1.29, 1.82) is 0 Å². The Morgan fingerprint density at radius 2 is 1.74 bits per heavy atom. The molecular weight excluding hydrogens is 390 g/mol. The van der Waals surface area contributed by atoms with Crippen LogP contribution in [0.25, 0.3) is 0 Å². The minimum atomic E-state index is -0.220. The van der Waals surface area contributed by atoms with E-state index < -0.39 is 0 Å². The van der Waals surface area contributed by atoms with Crippen LogP contribution in [0.15, 0.2) is 36.4 Å². The van der Waals surface area contributed by atoms with Gasteiger partial charge in [0, 0.05) is 19.1 Å². The molecule has 166 valence electrons. The van der Waals surface area contributed by atoms with Crippen LogP contribution in [0.2, 0.25) is 0 Å². The second kappa shape index (κ2) is 9.28. The Morgan fingerprint density at radius 1 is 1.06 bits per heavy atom. The molecule has 31 heavy (non-hydrogen) atoms. The summed E-state index contributed by atoms with van der Waals surface area (Å²) in [4.78, 5) is 15.2. The van der Waals surface area contributed by atoms with E-state index in [-0.39, 0.29) is 18.0 Å². The van der Waals surface area contributed by atoms with Crippen molar-refractivity contribution >= 4 is 5.91 Å². The standard InChI is InChI=1S/C25H33N3O3/c1-16(2)11-17-5-7-18(8-6-17)21-14-22(27-26-21)25(29)28-10-9-19-12-23(30-3)24(31-4)13-20(19)15-28/h5-8,12-13,16,21-22,26-27H,9-11,14-15H2,1-4H3. The van der Waals surface area contributed by atoms with Crippen LogP contribution in [-0.2, 0) is 24.2 Å². The molecule has 0 saturated carbocycles. The summed E-state index contributed by atoms with van der Waals surface area (Å²) in [7, 11) is 3.29. The van der Waals surface area contributed by atoms with E-state index in [4.69, 9.17) is 9.47 Å². The third kappa shape index (κ3) is 4.70. The summed E-state index contributed by atoms with van der Waals surface area (Å²) in [6.07, 6.45) is 2.66. The van der Waals surface area contributed by atoms with Gasteiger partial charge in [-0.2, -0.15) is 0 Å². The third-order valence-corrected chi connectivity index (χ3v) is 6.26. The maximum atomic E-state index is 13.2. The van der Waals surface area contributed by atoms with Crippen molar-refractivity contribution in [3.05, 3.63) is 58.7 Å². The molecule has 2 aromatic carbocycles. The lowest BCUT2D eigenvalue weighted by atomic mass is 9.96. The molecule has 4 rings (SSSR count). The average molecular weight is 424 g/mol. The molecule has 6 nitrogen and oxygen atoms in total. The van der Waals surface area contributed by atoms with Crippen molar-refractivity contribution in [2.75, 3.05) is 20.8 Å². The van der Waals surface area contributed by atoms with Crippen molar-refractivity contribution in [2.45, 2.75) is 51.7 Å². The Bertz CT molecular complexity index is 926. The Morgan fingerprint density at radius 3 is 2.39 bits per heavy atom. The number of fused-ring (bicyclic) bond motifs is 1. The number of nitrogens with zero attached hydrogens (tertiary/aromatic N) is 1. The van der Waals surface area contributed by atoms with E-state index in [0.29, 0.717) is 24.8 Å². The topological polar surface area (TPSA) is 62.8 Å². The summed E-state index contributed by atoms with van der Waals surface area (Å²) in [5.74, 6) is 2.24. The first-order chi connectivity index (χ1) is 15.0. The fourth-order valence-corrected chi connectivity index (χ4v) is 4.59. The van der Waals surface area contributed by atoms with Gasteiger partial charge >= 0.3 is 0 Å². The van der Waals surface area contributed by atoms with Crippen molar-refractivity contribution in [3.8, 4) is 11.5 Å². The lowest BCUT2D eigenvalue weighted by Crippen LogP contribution is -2.47. The summed E-state index contributed by atoms with van der Waals surface area (Å²) >= 11 is 0. The van der Waals surface area contributed by atoms with Gasteiger partial charge in [-0.25, -0.2) is 10.9 Å². The molecular formula is C25H33N3O3. The van der Waals surface area contributed by atoms with Crippen LogP contribution in [0.3, 0.4) is 0 Å². The number of benzene rings is 2. The van der Waals surface area contributed by atoms with Crippen LogP contribution >= 0.6 is 0 Å². The second-order valence-electron chi connectivity index (χ2n) is 8.95. The van der Waals surface area contributed by atoms with Crippen LogP contribution in [0.1, 0.15) is 48.6 Å². The first kappa shape index (κ1) is 21.7. The van der Waals surface area contributed by atoms with Crippen molar-refractivity contribution in [1.82, 2.24) is 15.8 Å². The molecule has 2 heterocycles. The Kier molecular flexibility index (Phi) is 6.49. The lowest BCUT2D eigenvalue weighted by Gasteiger charge is -2.31. The average Bonchev–Trinajstić information content (AvgIpc) is 3.27. The highest BCUT2D eigenvalue weighted by molar-refractivity contribution is 5.82. The first-order valence-electron chi connectivity index (χ1n) is 11.1. The summed E-state index contributed by atoms with van der Waals surface area (Å²) < 4.78 is 10.9. The van der Waals surface area contributed by atoms with E-state index >= 15 is 0 Å². The van der Waals surface area contributed by atoms with Gasteiger partial charge in [-0.15, -0.1) is 0 Å². The van der Waals surface area contributed by atoms with Gasteiger partial charge < -0.3 is 14.4 Å². The van der Waals surface area contributed by atoms with Crippen molar-refractivity contribution in [3.63, 3.8) is 0 Å². The molecule has 0 spiro atoms. The van der Waals surface area contributed by atoms with Gasteiger partial charge in [0.25, 0.3) is 0 Å². The van der Waals surface area contributed by atoms with Gasteiger partial charge in [-0.3, -0.25) is 4.79 Å². The number of hydrogen-bond acceptors (Lipinski definition) is 5. The lowest BCUT2D eigenvalue weighted by molar-refractivity contribution is -0.134. The largest absolute Gasteiger partial charge is 0.493 e. The van der Waals surface area contributed by atoms with Gasteiger partial charge in [-0.1, -0.05) is 38.1 Å². The Hall–Kier alpha value is -2.57. The number of nitrogens with one attached hydrogen (secondary N) is 2. The van der Waals surface area contributed by atoms with Crippen LogP contribution in [0, 0.1) is 5.92 Å². The zero-order chi connectivity index (χ0) is 22.0. The quantitative estimate of drug-likeness (QED) is 0.746. The molecule has 0 aliphatic carbocycles. The molecule has 2 aliphatic rings. The van der Waals surface area contributed by atoms with Crippen LogP contribution in [0.4, 0.5) is 0 Å². The van der Waals surface area contributed by atoms with Crippen LogP contribution < -0.4 is 20.3 Å². The van der Waals surface area contributed by atoms with E-state index in [1.807, 2.05) is 17.0 Å². The fourth-order valence-electron chi connectivity index (χ4n) is 4.59. The highest BCUT2D eigenvalue weighted by Gasteiger charge is 2.34. The smallest absolute Gasteiger partial charge is 0.241 e. The number of hydrogen-bond donors (Lipinski definition) is 2. The van der Waals surface area contributed by atoms with Gasteiger partial charge in [0.05, 0.1) is 14.2 Å². The summed E-state index contributed by atoms with van der Waals surface area (Å²) in [5, 5.41) is 0. The number of hydrazine groups is 1. The van der Waals surface area contributed by atoms with Crippen molar-refractivity contribution in [2.24, 2.45) is 5.92 Å². The molecule has 2 aromatic rings. The summed E-state index contributed by atoms with van der Waals surface area (Å²) in [5.41, 5.74) is 11.5. The maximum Gasteiger partial charge on any atom is 0.241 e. The molecule has 1 saturated heterocycles. The number of ether oxygens (including phenoxy) is 2. The SMILES string of the molecule is COc1cc2c(cc1OC)CN(C(=O)C1CC(c3ccc(CC(C)C)cc3)NN1)CC2. The third-order valence-electron chi connectivity index (χ3n) is 6.26. The van der Waals surface area contributed by atoms with E-state index in [9.17, 15) is 4.79 Å². The normalized spacial score (nSPS) is 20.6. The number of amides is 1.